The summed E-state index contributed by atoms with van der Waals surface area (Å²) in [5.74, 6) is 1.31. The topological polar surface area (TPSA) is 43.2 Å². The Bertz CT molecular complexity index is 743. The normalized spacial score (nSPS) is 14.9. The molecule has 1 amide bonds. The van der Waals surface area contributed by atoms with E-state index < -0.39 is 0 Å². The molecule has 1 aliphatic rings. The number of amides is 1. The van der Waals surface area contributed by atoms with Gasteiger partial charge in [0.15, 0.2) is 0 Å². The first-order valence-corrected chi connectivity index (χ1v) is 9.56. The molecular formula is C22H29N2O3+. The van der Waals surface area contributed by atoms with Gasteiger partial charge in [-0.1, -0.05) is 31.2 Å². The number of nitrogens with zero attached hydrogens (tertiary/aromatic N) is 1. The fourth-order valence-electron chi connectivity index (χ4n) is 3.50. The van der Waals surface area contributed by atoms with Crippen molar-refractivity contribution in [3.05, 3.63) is 59.2 Å². The lowest BCUT2D eigenvalue weighted by Gasteiger charge is -2.32. The van der Waals surface area contributed by atoms with Crippen molar-refractivity contribution in [3.8, 4) is 11.5 Å². The third kappa shape index (κ3) is 4.80. The number of ether oxygens (including phenoxy) is 2. The zero-order chi connectivity index (χ0) is 19.2. The van der Waals surface area contributed by atoms with Crippen LogP contribution in [0.1, 0.15) is 28.4 Å². The maximum atomic E-state index is 12.9. The molecule has 1 heterocycles. The lowest BCUT2D eigenvalue weighted by atomic mass is 10.1. The Hall–Kier alpha value is -2.53. The predicted molar refractivity (Wildman–Crippen MR) is 106 cm³/mol. The second-order valence-corrected chi connectivity index (χ2v) is 6.99. The number of hydrogen-bond donors (Lipinski definition) is 1. The summed E-state index contributed by atoms with van der Waals surface area (Å²) in [4.78, 5) is 16.3. The van der Waals surface area contributed by atoms with Gasteiger partial charge in [-0.15, -0.1) is 0 Å². The van der Waals surface area contributed by atoms with Crippen LogP contribution < -0.4 is 14.4 Å². The van der Waals surface area contributed by atoms with Gasteiger partial charge in [-0.2, -0.15) is 0 Å². The molecule has 27 heavy (non-hydrogen) atoms. The number of carbonyl (C=O) groups is 1. The Morgan fingerprint density at radius 3 is 2.04 bits per heavy atom. The van der Waals surface area contributed by atoms with Crippen LogP contribution in [0.5, 0.6) is 11.5 Å². The molecule has 1 fully saturated rings. The number of nitrogens with one attached hydrogen (secondary N) is 1. The van der Waals surface area contributed by atoms with Gasteiger partial charge in [-0.05, 0) is 24.1 Å². The highest BCUT2D eigenvalue weighted by molar-refractivity contribution is 5.95. The SMILES string of the molecule is CCc1ccc(C[NH+]2CCN(C(=O)c3cc(OC)cc(OC)c3)CC2)cc1. The van der Waals surface area contributed by atoms with Crippen molar-refractivity contribution in [2.75, 3.05) is 40.4 Å². The van der Waals surface area contributed by atoms with Gasteiger partial charge in [-0.3, -0.25) is 4.79 Å². The highest BCUT2D eigenvalue weighted by atomic mass is 16.5. The Kier molecular flexibility index (Phi) is 6.35. The van der Waals surface area contributed by atoms with Gasteiger partial charge in [0.05, 0.1) is 40.4 Å². The smallest absolute Gasteiger partial charge is 0.254 e. The van der Waals surface area contributed by atoms with Crippen molar-refractivity contribution in [1.29, 1.82) is 0 Å². The summed E-state index contributed by atoms with van der Waals surface area (Å²) in [6.45, 7) is 6.64. The second kappa shape index (κ2) is 8.91. The van der Waals surface area contributed by atoms with Gasteiger partial charge in [0.1, 0.15) is 18.0 Å². The minimum Gasteiger partial charge on any atom is -0.497 e. The average molecular weight is 369 g/mol. The van der Waals surface area contributed by atoms with Crippen molar-refractivity contribution in [2.24, 2.45) is 0 Å². The van der Waals surface area contributed by atoms with Crippen LogP contribution >= 0.6 is 0 Å². The third-order valence-electron chi connectivity index (χ3n) is 5.24. The van der Waals surface area contributed by atoms with E-state index in [9.17, 15) is 4.79 Å². The van der Waals surface area contributed by atoms with E-state index in [1.165, 1.54) is 16.0 Å². The van der Waals surface area contributed by atoms with Crippen LogP contribution in [0.2, 0.25) is 0 Å². The lowest BCUT2D eigenvalue weighted by molar-refractivity contribution is -0.917. The van der Waals surface area contributed by atoms with Gasteiger partial charge < -0.3 is 19.3 Å². The molecule has 0 aliphatic carbocycles. The van der Waals surface area contributed by atoms with Crippen molar-refractivity contribution < 1.29 is 19.2 Å². The fourth-order valence-corrected chi connectivity index (χ4v) is 3.50. The molecule has 2 aromatic carbocycles. The van der Waals surface area contributed by atoms with E-state index in [0.29, 0.717) is 17.1 Å². The predicted octanol–water partition coefficient (Wildman–Crippen LogP) is 1.81. The highest BCUT2D eigenvalue weighted by Gasteiger charge is 2.25. The van der Waals surface area contributed by atoms with Gasteiger partial charge in [0.2, 0.25) is 0 Å². The molecule has 0 radical (unpaired) electrons. The molecular weight excluding hydrogens is 340 g/mol. The average Bonchev–Trinajstić information content (AvgIpc) is 2.74. The van der Waals surface area contributed by atoms with Gasteiger partial charge in [-0.25, -0.2) is 0 Å². The number of rotatable bonds is 6. The van der Waals surface area contributed by atoms with Crippen LogP contribution in [0.3, 0.4) is 0 Å². The number of hydrogen-bond acceptors (Lipinski definition) is 3. The molecule has 0 saturated carbocycles. The standard InChI is InChI=1S/C22H28N2O3/c1-4-17-5-7-18(8-6-17)16-23-9-11-24(12-10-23)22(25)19-13-20(26-2)15-21(14-19)27-3/h5-8,13-15H,4,9-12,16H2,1-3H3/p+1. The van der Waals surface area contributed by atoms with Crippen LogP contribution in [0.4, 0.5) is 0 Å². The third-order valence-corrected chi connectivity index (χ3v) is 5.24. The zero-order valence-corrected chi connectivity index (χ0v) is 16.5. The quantitative estimate of drug-likeness (QED) is 0.845. The van der Waals surface area contributed by atoms with Crippen molar-refractivity contribution in [1.82, 2.24) is 4.90 Å². The molecule has 3 rings (SSSR count). The maximum absolute atomic E-state index is 12.9. The minimum atomic E-state index is 0.0403. The van der Waals surface area contributed by atoms with Crippen molar-refractivity contribution in [2.45, 2.75) is 19.9 Å². The summed E-state index contributed by atoms with van der Waals surface area (Å²) in [6, 6.07) is 14.2. The molecule has 144 valence electrons. The molecule has 0 unspecified atom stereocenters. The van der Waals surface area contributed by atoms with Crippen LogP contribution in [0.25, 0.3) is 0 Å². The summed E-state index contributed by atoms with van der Waals surface area (Å²) in [5.41, 5.74) is 3.35. The first-order chi connectivity index (χ1) is 13.1. The molecule has 0 aromatic heterocycles. The van der Waals surface area contributed by atoms with Crippen LogP contribution in [0, 0.1) is 0 Å². The van der Waals surface area contributed by atoms with Crippen LogP contribution in [-0.4, -0.2) is 51.2 Å². The van der Waals surface area contributed by atoms with Gasteiger partial charge >= 0.3 is 0 Å². The van der Waals surface area contributed by atoms with E-state index in [-0.39, 0.29) is 5.91 Å². The van der Waals surface area contributed by atoms with Crippen molar-refractivity contribution >= 4 is 5.91 Å². The van der Waals surface area contributed by atoms with E-state index in [2.05, 4.69) is 31.2 Å². The zero-order valence-electron chi connectivity index (χ0n) is 16.5. The number of carbonyl (C=O) groups excluding carboxylic acids is 1. The summed E-state index contributed by atoms with van der Waals surface area (Å²) in [6.07, 6.45) is 1.07. The van der Waals surface area contributed by atoms with Crippen molar-refractivity contribution in [3.63, 3.8) is 0 Å². The van der Waals surface area contributed by atoms with Crippen LogP contribution in [0.15, 0.2) is 42.5 Å². The molecule has 1 N–H and O–H groups in total. The molecule has 1 saturated heterocycles. The maximum Gasteiger partial charge on any atom is 0.254 e. The van der Waals surface area contributed by atoms with E-state index in [0.717, 1.165) is 39.1 Å². The number of piperazine rings is 1. The number of benzene rings is 2. The minimum absolute atomic E-state index is 0.0403. The second-order valence-electron chi connectivity index (χ2n) is 6.99. The molecule has 5 nitrogen and oxygen atoms in total. The first-order valence-electron chi connectivity index (χ1n) is 9.56. The molecule has 1 aliphatic heterocycles. The molecule has 5 heteroatoms. The van der Waals surface area contributed by atoms with Gasteiger partial charge in [0, 0.05) is 17.2 Å². The molecule has 0 spiro atoms. The van der Waals surface area contributed by atoms with Gasteiger partial charge in [0.25, 0.3) is 5.91 Å². The summed E-state index contributed by atoms with van der Waals surface area (Å²) in [5, 5.41) is 0. The van der Waals surface area contributed by atoms with E-state index in [1.807, 2.05) is 4.90 Å². The van der Waals surface area contributed by atoms with Crippen LogP contribution in [-0.2, 0) is 13.0 Å². The molecule has 2 aromatic rings. The Balaban J connectivity index is 1.59. The Labute approximate surface area is 161 Å². The van der Waals surface area contributed by atoms with E-state index >= 15 is 0 Å². The Morgan fingerprint density at radius 1 is 0.963 bits per heavy atom. The van der Waals surface area contributed by atoms with E-state index in [4.69, 9.17) is 9.47 Å². The summed E-state index contributed by atoms with van der Waals surface area (Å²) < 4.78 is 10.6. The first kappa shape index (κ1) is 19.2. The monoisotopic (exact) mass is 369 g/mol. The number of methoxy groups -OCH3 is 2. The Morgan fingerprint density at radius 2 is 1.52 bits per heavy atom. The highest BCUT2D eigenvalue weighted by Crippen LogP contribution is 2.23. The molecule has 0 bridgehead atoms. The number of quaternary nitrogens is 1. The fraction of sp³-hybridized carbons (Fsp3) is 0.409. The summed E-state index contributed by atoms with van der Waals surface area (Å²) in [7, 11) is 3.19. The largest absolute Gasteiger partial charge is 0.497 e. The number of aryl methyl sites for hydroxylation is 1. The molecule has 0 atom stereocenters. The van der Waals surface area contributed by atoms with E-state index in [1.54, 1.807) is 32.4 Å². The lowest BCUT2D eigenvalue weighted by Crippen LogP contribution is -3.13. The summed E-state index contributed by atoms with van der Waals surface area (Å²) >= 11 is 0.